The van der Waals surface area contributed by atoms with Gasteiger partial charge in [0.15, 0.2) is 9.92 Å². The summed E-state index contributed by atoms with van der Waals surface area (Å²) in [6.07, 6.45) is 4.12. The van der Waals surface area contributed by atoms with Crippen LogP contribution in [0.5, 0.6) is 0 Å². The SMILES string of the molecule is c1ccc2c(c1)nc1sc3nc4ccccc4n3ccn12. The highest BCUT2D eigenvalue weighted by atomic mass is 32.1. The van der Waals surface area contributed by atoms with Crippen molar-refractivity contribution in [2.45, 2.75) is 0 Å². The lowest BCUT2D eigenvalue weighted by Gasteiger charge is -1.90. The van der Waals surface area contributed by atoms with Gasteiger partial charge in [-0.3, -0.25) is 8.80 Å². The zero-order valence-electron chi connectivity index (χ0n) is 11.0. The summed E-state index contributed by atoms with van der Waals surface area (Å²) in [4.78, 5) is 11.3. The maximum Gasteiger partial charge on any atom is 0.198 e. The van der Waals surface area contributed by atoms with Gasteiger partial charge in [-0.25, -0.2) is 9.97 Å². The van der Waals surface area contributed by atoms with E-state index in [4.69, 9.17) is 9.97 Å². The van der Waals surface area contributed by atoms with Crippen molar-refractivity contribution in [1.29, 1.82) is 0 Å². The molecule has 3 aromatic heterocycles. The molecule has 100 valence electrons. The molecule has 0 aliphatic heterocycles. The van der Waals surface area contributed by atoms with Gasteiger partial charge in [0.25, 0.3) is 0 Å². The van der Waals surface area contributed by atoms with E-state index in [0.29, 0.717) is 0 Å². The average molecular weight is 290 g/mol. The smallest absolute Gasteiger partial charge is 0.198 e. The fourth-order valence-electron chi connectivity index (χ4n) is 2.69. The average Bonchev–Trinajstić information content (AvgIpc) is 2.98. The quantitative estimate of drug-likeness (QED) is 0.433. The van der Waals surface area contributed by atoms with Gasteiger partial charge in [-0.05, 0) is 24.3 Å². The number of imidazole rings is 2. The Kier molecular flexibility index (Phi) is 2.07. The van der Waals surface area contributed by atoms with E-state index in [0.717, 1.165) is 32.0 Å². The standard InChI is InChI=1S/C16H10N4S/c1-3-7-13-11(5-1)17-15-19(13)9-10-20-14-8-4-2-6-12(14)18-16(20)21-15/h1-10H. The lowest BCUT2D eigenvalue weighted by Crippen LogP contribution is -1.79. The summed E-state index contributed by atoms with van der Waals surface area (Å²) in [6, 6.07) is 16.3. The van der Waals surface area contributed by atoms with E-state index < -0.39 is 0 Å². The van der Waals surface area contributed by atoms with Gasteiger partial charge in [-0.2, -0.15) is 0 Å². The second-order valence-corrected chi connectivity index (χ2v) is 5.84. The van der Waals surface area contributed by atoms with Crippen molar-refractivity contribution in [3.63, 3.8) is 0 Å². The van der Waals surface area contributed by atoms with Crippen molar-refractivity contribution in [1.82, 2.24) is 18.8 Å². The zero-order valence-corrected chi connectivity index (χ0v) is 11.8. The van der Waals surface area contributed by atoms with Gasteiger partial charge in [0.1, 0.15) is 0 Å². The number of aromatic nitrogens is 4. The summed E-state index contributed by atoms with van der Waals surface area (Å²) in [6.45, 7) is 0. The van der Waals surface area contributed by atoms with Crippen LogP contribution in [-0.2, 0) is 0 Å². The predicted octanol–water partition coefficient (Wildman–Crippen LogP) is 3.91. The number of rotatable bonds is 0. The third-order valence-electron chi connectivity index (χ3n) is 3.67. The highest BCUT2D eigenvalue weighted by Crippen LogP contribution is 2.23. The zero-order chi connectivity index (χ0) is 13.8. The normalized spacial score (nSPS) is 11.8. The van der Waals surface area contributed by atoms with Crippen LogP contribution < -0.4 is 0 Å². The Labute approximate surface area is 123 Å². The van der Waals surface area contributed by atoms with Gasteiger partial charge >= 0.3 is 0 Å². The van der Waals surface area contributed by atoms with Crippen LogP contribution in [0, 0.1) is 0 Å². The molecule has 0 radical (unpaired) electrons. The molecule has 0 fully saturated rings. The van der Waals surface area contributed by atoms with Gasteiger partial charge in [0.2, 0.25) is 0 Å². The molecule has 0 atom stereocenters. The van der Waals surface area contributed by atoms with Crippen molar-refractivity contribution in [2.24, 2.45) is 0 Å². The monoisotopic (exact) mass is 290 g/mol. The molecule has 0 saturated carbocycles. The highest BCUT2D eigenvalue weighted by Gasteiger charge is 2.07. The van der Waals surface area contributed by atoms with Crippen LogP contribution in [0.3, 0.4) is 0 Å². The summed E-state index contributed by atoms with van der Waals surface area (Å²) in [5.74, 6) is 0. The summed E-state index contributed by atoms with van der Waals surface area (Å²) in [7, 11) is 0. The fraction of sp³-hybridized carbons (Fsp3) is 0. The van der Waals surface area contributed by atoms with E-state index in [-0.39, 0.29) is 0 Å². The van der Waals surface area contributed by atoms with E-state index in [1.165, 1.54) is 0 Å². The number of nitrogens with zero attached hydrogens (tertiary/aromatic N) is 4. The van der Waals surface area contributed by atoms with E-state index >= 15 is 0 Å². The molecule has 0 N–H and O–H groups in total. The Balaban J connectivity index is 2.02. The predicted molar refractivity (Wildman–Crippen MR) is 85.6 cm³/mol. The number of benzene rings is 2. The number of hydrogen-bond acceptors (Lipinski definition) is 3. The fourth-order valence-corrected chi connectivity index (χ4v) is 3.66. The van der Waals surface area contributed by atoms with Gasteiger partial charge in [-0.1, -0.05) is 35.6 Å². The van der Waals surface area contributed by atoms with E-state index in [1.54, 1.807) is 11.3 Å². The van der Waals surface area contributed by atoms with Gasteiger partial charge in [0.05, 0.1) is 22.1 Å². The van der Waals surface area contributed by atoms with E-state index in [2.05, 4.69) is 33.3 Å². The second kappa shape index (κ2) is 3.93. The van der Waals surface area contributed by atoms with Crippen LogP contribution in [0.1, 0.15) is 0 Å². The molecule has 0 spiro atoms. The van der Waals surface area contributed by atoms with Crippen LogP contribution in [0.15, 0.2) is 60.9 Å². The van der Waals surface area contributed by atoms with Gasteiger partial charge < -0.3 is 0 Å². The molecule has 0 aliphatic carbocycles. The van der Waals surface area contributed by atoms with Crippen LogP contribution in [-0.4, -0.2) is 18.8 Å². The molecule has 0 unspecified atom stereocenters. The van der Waals surface area contributed by atoms with Crippen LogP contribution in [0.25, 0.3) is 32.0 Å². The molecule has 2 aromatic carbocycles. The first-order valence-corrected chi connectivity index (χ1v) is 7.52. The summed E-state index contributed by atoms with van der Waals surface area (Å²) in [5.41, 5.74) is 4.25. The third-order valence-corrected chi connectivity index (χ3v) is 4.62. The third kappa shape index (κ3) is 1.49. The molecule has 5 rings (SSSR count). The van der Waals surface area contributed by atoms with Crippen molar-refractivity contribution in [2.75, 3.05) is 0 Å². The van der Waals surface area contributed by atoms with Crippen LogP contribution in [0.2, 0.25) is 0 Å². The lowest BCUT2D eigenvalue weighted by molar-refractivity contribution is 1.20. The van der Waals surface area contributed by atoms with Gasteiger partial charge in [0, 0.05) is 12.4 Å². The first-order chi connectivity index (χ1) is 10.4. The Bertz CT molecular complexity index is 1060. The number of para-hydroxylation sites is 4. The number of hydrogen-bond donors (Lipinski definition) is 0. The molecular formula is C16H10N4S. The molecule has 0 saturated heterocycles. The molecule has 0 bridgehead atoms. The molecule has 0 aliphatic rings. The molecule has 5 aromatic rings. The Hall–Kier alpha value is -2.66. The largest absolute Gasteiger partial charge is 0.289 e. The van der Waals surface area contributed by atoms with Gasteiger partial charge in [-0.15, -0.1) is 0 Å². The summed E-state index contributed by atoms with van der Waals surface area (Å²) >= 11 is 1.60. The molecule has 21 heavy (non-hydrogen) atoms. The molecule has 5 heteroatoms. The van der Waals surface area contributed by atoms with Crippen molar-refractivity contribution in [3.05, 3.63) is 60.9 Å². The maximum atomic E-state index is 4.70. The summed E-state index contributed by atoms with van der Waals surface area (Å²) in [5, 5.41) is 0. The van der Waals surface area contributed by atoms with E-state index in [1.807, 2.05) is 36.4 Å². The van der Waals surface area contributed by atoms with Crippen molar-refractivity contribution < 1.29 is 0 Å². The molecular weight excluding hydrogens is 280 g/mol. The minimum absolute atomic E-state index is 0.946. The minimum Gasteiger partial charge on any atom is -0.289 e. The van der Waals surface area contributed by atoms with Crippen molar-refractivity contribution in [3.8, 4) is 0 Å². The maximum absolute atomic E-state index is 4.70. The first-order valence-electron chi connectivity index (χ1n) is 6.70. The summed E-state index contributed by atoms with van der Waals surface area (Å²) < 4.78 is 4.23. The highest BCUT2D eigenvalue weighted by molar-refractivity contribution is 7.21. The topological polar surface area (TPSA) is 34.6 Å². The first kappa shape index (κ1) is 11.0. The minimum atomic E-state index is 0.946. The Morgan fingerprint density at radius 3 is 1.67 bits per heavy atom. The Morgan fingerprint density at radius 2 is 1.14 bits per heavy atom. The molecule has 3 heterocycles. The second-order valence-electron chi connectivity index (χ2n) is 4.91. The van der Waals surface area contributed by atoms with Crippen LogP contribution >= 0.6 is 11.3 Å². The lowest BCUT2D eigenvalue weighted by atomic mass is 10.3. The molecule has 4 nitrogen and oxygen atoms in total. The molecule has 0 amide bonds. The van der Waals surface area contributed by atoms with E-state index in [9.17, 15) is 0 Å². The van der Waals surface area contributed by atoms with Crippen molar-refractivity contribution >= 4 is 43.3 Å². The number of fused-ring (bicyclic) bond motifs is 6. The Morgan fingerprint density at radius 1 is 0.667 bits per heavy atom. The van der Waals surface area contributed by atoms with Crippen LogP contribution in [0.4, 0.5) is 0 Å².